The zero-order valence-corrected chi connectivity index (χ0v) is 10.5. The van der Waals surface area contributed by atoms with E-state index in [1.165, 1.54) is 18.2 Å². The first-order valence-corrected chi connectivity index (χ1v) is 5.85. The second kappa shape index (κ2) is 4.89. The Labute approximate surface area is 116 Å². The maximum Gasteiger partial charge on any atom is 0.190 e. The lowest BCUT2D eigenvalue weighted by molar-refractivity contribution is 0.587. The SMILES string of the molecule is Nc1cc(-c2nnnn2-c2cccc(F)c2)c(F)cc1F. The van der Waals surface area contributed by atoms with E-state index in [0.717, 1.165) is 10.7 Å². The molecule has 0 aliphatic rings. The normalized spacial score (nSPS) is 10.8. The van der Waals surface area contributed by atoms with E-state index >= 15 is 0 Å². The van der Waals surface area contributed by atoms with Crippen molar-refractivity contribution in [3.8, 4) is 17.1 Å². The highest BCUT2D eigenvalue weighted by Crippen LogP contribution is 2.26. The summed E-state index contributed by atoms with van der Waals surface area (Å²) >= 11 is 0. The standard InChI is InChI=1S/C13H8F3N5/c14-7-2-1-3-8(4-7)21-13(18-19-20-21)9-5-12(17)11(16)6-10(9)15/h1-6H,17H2. The number of rotatable bonds is 2. The van der Waals surface area contributed by atoms with Crippen molar-refractivity contribution >= 4 is 5.69 Å². The van der Waals surface area contributed by atoms with Crippen molar-refractivity contribution in [2.24, 2.45) is 0 Å². The Morgan fingerprint density at radius 1 is 1.00 bits per heavy atom. The Morgan fingerprint density at radius 3 is 2.57 bits per heavy atom. The summed E-state index contributed by atoms with van der Waals surface area (Å²) in [5.41, 5.74) is 5.42. The number of hydrogen-bond donors (Lipinski definition) is 1. The molecule has 0 saturated heterocycles. The van der Waals surface area contributed by atoms with Crippen molar-refractivity contribution in [1.82, 2.24) is 20.2 Å². The highest BCUT2D eigenvalue weighted by atomic mass is 19.1. The minimum atomic E-state index is -0.874. The van der Waals surface area contributed by atoms with Crippen molar-refractivity contribution < 1.29 is 13.2 Å². The Morgan fingerprint density at radius 2 is 1.81 bits per heavy atom. The third-order valence-electron chi connectivity index (χ3n) is 2.85. The molecule has 0 atom stereocenters. The molecule has 0 fully saturated rings. The van der Waals surface area contributed by atoms with Gasteiger partial charge in [-0.05, 0) is 34.7 Å². The van der Waals surface area contributed by atoms with Crippen molar-refractivity contribution in [3.63, 3.8) is 0 Å². The number of hydrogen-bond acceptors (Lipinski definition) is 4. The molecule has 3 rings (SSSR count). The van der Waals surface area contributed by atoms with Crippen molar-refractivity contribution in [1.29, 1.82) is 0 Å². The summed E-state index contributed by atoms with van der Waals surface area (Å²) in [5, 5.41) is 10.8. The first-order chi connectivity index (χ1) is 10.1. The average Bonchev–Trinajstić information content (AvgIpc) is 2.92. The van der Waals surface area contributed by atoms with Gasteiger partial charge in [0.25, 0.3) is 0 Å². The Balaban J connectivity index is 2.18. The van der Waals surface area contributed by atoms with Crippen LogP contribution in [0.3, 0.4) is 0 Å². The minimum Gasteiger partial charge on any atom is -0.396 e. The monoisotopic (exact) mass is 291 g/mol. The van der Waals surface area contributed by atoms with E-state index in [1.54, 1.807) is 6.07 Å². The van der Waals surface area contributed by atoms with Gasteiger partial charge < -0.3 is 5.73 Å². The molecule has 8 heteroatoms. The average molecular weight is 291 g/mol. The molecule has 2 N–H and O–H groups in total. The van der Waals surface area contributed by atoms with Gasteiger partial charge in [0.1, 0.15) is 17.5 Å². The molecule has 21 heavy (non-hydrogen) atoms. The number of halogens is 3. The number of aromatic nitrogens is 4. The van der Waals surface area contributed by atoms with Crippen LogP contribution < -0.4 is 5.73 Å². The summed E-state index contributed by atoms with van der Waals surface area (Å²) in [5.74, 6) is -2.24. The van der Waals surface area contributed by atoms with Crippen LogP contribution in [0.25, 0.3) is 17.1 Å². The van der Waals surface area contributed by atoms with Crippen LogP contribution in [0, 0.1) is 17.5 Å². The molecular weight excluding hydrogens is 283 g/mol. The van der Waals surface area contributed by atoms with Crippen LogP contribution in [0.2, 0.25) is 0 Å². The van der Waals surface area contributed by atoms with Crippen LogP contribution >= 0.6 is 0 Å². The third-order valence-corrected chi connectivity index (χ3v) is 2.85. The predicted octanol–water partition coefficient (Wildman–Crippen LogP) is 2.33. The summed E-state index contributed by atoms with van der Waals surface area (Å²) in [6, 6.07) is 7.19. The second-order valence-corrected chi connectivity index (χ2v) is 4.25. The maximum atomic E-state index is 13.9. The fourth-order valence-corrected chi connectivity index (χ4v) is 1.87. The molecule has 0 aliphatic carbocycles. The number of benzene rings is 2. The molecule has 0 bridgehead atoms. The summed E-state index contributed by atoms with van der Waals surface area (Å²) in [7, 11) is 0. The van der Waals surface area contributed by atoms with Crippen LogP contribution in [0.1, 0.15) is 0 Å². The van der Waals surface area contributed by atoms with Gasteiger partial charge in [-0.2, -0.15) is 4.68 Å². The van der Waals surface area contributed by atoms with E-state index in [1.807, 2.05) is 0 Å². The number of nitrogens with zero attached hydrogens (tertiary/aromatic N) is 4. The highest BCUT2D eigenvalue weighted by Gasteiger charge is 2.17. The largest absolute Gasteiger partial charge is 0.396 e. The first kappa shape index (κ1) is 13.1. The van der Waals surface area contributed by atoms with E-state index in [2.05, 4.69) is 15.5 Å². The molecule has 5 nitrogen and oxygen atoms in total. The number of tetrazole rings is 1. The van der Waals surface area contributed by atoms with E-state index in [4.69, 9.17) is 5.73 Å². The van der Waals surface area contributed by atoms with Crippen molar-refractivity contribution in [2.45, 2.75) is 0 Å². The molecule has 0 unspecified atom stereocenters. The van der Waals surface area contributed by atoms with Gasteiger partial charge in [-0.1, -0.05) is 6.07 Å². The molecule has 0 aliphatic heterocycles. The Kier molecular flexibility index (Phi) is 3.05. The van der Waals surface area contributed by atoms with Crippen LogP contribution in [-0.4, -0.2) is 20.2 Å². The maximum absolute atomic E-state index is 13.9. The highest BCUT2D eigenvalue weighted by molar-refractivity contribution is 5.63. The van der Waals surface area contributed by atoms with E-state index in [0.29, 0.717) is 11.8 Å². The fraction of sp³-hybridized carbons (Fsp3) is 0. The Hall–Kier alpha value is -2.90. The van der Waals surface area contributed by atoms with Gasteiger partial charge in [0.15, 0.2) is 5.82 Å². The summed E-state index contributed by atoms with van der Waals surface area (Å²) in [4.78, 5) is 0. The van der Waals surface area contributed by atoms with Crippen LogP contribution in [0.15, 0.2) is 36.4 Å². The van der Waals surface area contributed by atoms with Gasteiger partial charge in [-0.15, -0.1) is 5.10 Å². The smallest absolute Gasteiger partial charge is 0.190 e. The molecule has 0 amide bonds. The van der Waals surface area contributed by atoms with Gasteiger partial charge in [0, 0.05) is 6.07 Å². The Bertz CT molecular complexity index is 815. The molecule has 2 aromatic carbocycles. The molecule has 0 saturated carbocycles. The van der Waals surface area contributed by atoms with Gasteiger partial charge in [-0.3, -0.25) is 0 Å². The zero-order valence-electron chi connectivity index (χ0n) is 10.5. The molecule has 106 valence electrons. The summed E-state index contributed by atoms with van der Waals surface area (Å²) in [6.45, 7) is 0. The summed E-state index contributed by atoms with van der Waals surface area (Å²) < 4.78 is 41.5. The zero-order chi connectivity index (χ0) is 15.0. The lowest BCUT2D eigenvalue weighted by Gasteiger charge is -2.07. The van der Waals surface area contributed by atoms with E-state index in [9.17, 15) is 13.2 Å². The summed E-state index contributed by atoms with van der Waals surface area (Å²) in [6.07, 6.45) is 0. The predicted molar refractivity (Wildman–Crippen MR) is 68.9 cm³/mol. The molecule has 1 aromatic heterocycles. The minimum absolute atomic E-state index is 0.00944. The van der Waals surface area contributed by atoms with Gasteiger partial charge in [-0.25, -0.2) is 13.2 Å². The topological polar surface area (TPSA) is 69.6 Å². The fourth-order valence-electron chi connectivity index (χ4n) is 1.87. The molecule has 0 spiro atoms. The lowest BCUT2D eigenvalue weighted by atomic mass is 10.1. The van der Waals surface area contributed by atoms with Crippen molar-refractivity contribution in [3.05, 3.63) is 53.8 Å². The first-order valence-electron chi connectivity index (χ1n) is 5.85. The number of anilines is 1. The number of nitrogen functional groups attached to an aromatic ring is 1. The molecule has 3 aromatic rings. The number of nitrogens with two attached hydrogens (primary N) is 1. The quantitative estimate of drug-likeness (QED) is 0.736. The van der Waals surface area contributed by atoms with E-state index < -0.39 is 17.5 Å². The second-order valence-electron chi connectivity index (χ2n) is 4.25. The van der Waals surface area contributed by atoms with Gasteiger partial charge >= 0.3 is 0 Å². The van der Waals surface area contributed by atoms with E-state index in [-0.39, 0.29) is 17.1 Å². The van der Waals surface area contributed by atoms with Crippen LogP contribution in [-0.2, 0) is 0 Å². The van der Waals surface area contributed by atoms with Crippen molar-refractivity contribution in [2.75, 3.05) is 5.73 Å². The van der Waals surface area contributed by atoms with Crippen LogP contribution in [0.5, 0.6) is 0 Å². The molecule has 0 radical (unpaired) electrons. The third kappa shape index (κ3) is 2.31. The van der Waals surface area contributed by atoms with Crippen LogP contribution in [0.4, 0.5) is 18.9 Å². The lowest BCUT2D eigenvalue weighted by Crippen LogP contribution is -2.03. The molecule has 1 heterocycles. The molecular formula is C13H8F3N5. The van der Waals surface area contributed by atoms with Gasteiger partial charge in [0.2, 0.25) is 0 Å². The van der Waals surface area contributed by atoms with Gasteiger partial charge in [0.05, 0.1) is 16.9 Å².